The van der Waals surface area contributed by atoms with Gasteiger partial charge in [0.1, 0.15) is 0 Å². The van der Waals surface area contributed by atoms with Crippen molar-refractivity contribution < 1.29 is 0 Å². The van der Waals surface area contributed by atoms with Gasteiger partial charge >= 0.3 is 0 Å². The molecule has 0 amide bonds. The summed E-state index contributed by atoms with van der Waals surface area (Å²) in [7, 11) is 0. The zero-order valence-corrected chi connectivity index (χ0v) is 9.12. The molecule has 0 fully saturated rings. The first-order valence-electron chi connectivity index (χ1n) is 5.11. The van der Waals surface area contributed by atoms with E-state index in [4.69, 9.17) is 11.5 Å². The van der Waals surface area contributed by atoms with Crippen LogP contribution in [0.4, 0.5) is 0 Å². The molecule has 0 bridgehead atoms. The predicted molar refractivity (Wildman–Crippen MR) is 58.8 cm³/mol. The van der Waals surface area contributed by atoms with Crippen LogP contribution < -0.4 is 11.5 Å². The highest BCUT2D eigenvalue weighted by atomic mass is 14.9. The summed E-state index contributed by atoms with van der Waals surface area (Å²) < 4.78 is 0. The molecule has 1 aliphatic rings. The van der Waals surface area contributed by atoms with Gasteiger partial charge < -0.3 is 11.5 Å². The normalized spacial score (nSPS) is 29.1. The van der Waals surface area contributed by atoms with Crippen LogP contribution in [0.5, 0.6) is 0 Å². The van der Waals surface area contributed by atoms with Gasteiger partial charge in [0.05, 0.1) is 5.54 Å². The Morgan fingerprint density at radius 3 is 2.71 bits per heavy atom. The van der Waals surface area contributed by atoms with Crippen LogP contribution in [0.2, 0.25) is 0 Å². The van der Waals surface area contributed by atoms with Crippen LogP contribution in [0.3, 0.4) is 0 Å². The summed E-state index contributed by atoms with van der Waals surface area (Å²) >= 11 is 0. The highest BCUT2D eigenvalue weighted by Gasteiger charge is 2.38. The molecule has 3 nitrogen and oxygen atoms in total. The minimum atomic E-state index is -0.399. The molecule has 0 saturated carbocycles. The van der Waals surface area contributed by atoms with Gasteiger partial charge in [0.15, 0.2) is 0 Å². The molecule has 1 aromatic rings. The van der Waals surface area contributed by atoms with Gasteiger partial charge in [-0.25, -0.2) is 0 Å². The van der Waals surface area contributed by atoms with Crippen molar-refractivity contribution in [2.75, 3.05) is 0 Å². The quantitative estimate of drug-likeness (QED) is 0.650. The molecule has 0 spiro atoms. The molecule has 0 radical (unpaired) electrons. The standard InChI is InChI=1S/C9H13N3.C2H6/c1-9(11)6-3-2-4-12-7(6)5-8(9)10;1-2/h2-4,8H,5,10-11H2,1H3;1-2H3/t8-,9?;/m1./s1. The molecule has 1 unspecified atom stereocenters. The Morgan fingerprint density at radius 2 is 2.14 bits per heavy atom. The number of hydrogen-bond donors (Lipinski definition) is 2. The van der Waals surface area contributed by atoms with Gasteiger partial charge in [-0.05, 0) is 18.6 Å². The number of fused-ring (bicyclic) bond motifs is 1. The summed E-state index contributed by atoms with van der Waals surface area (Å²) in [5.41, 5.74) is 13.7. The Bertz CT molecular complexity index is 307. The number of nitrogens with two attached hydrogens (primary N) is 2. The van der Waals surface area contributed by atoms with Crippen LogP contribution in [-0.4, -0.2) is 11.0 Å². The lowest BCUT2D eigenvalue weighted by Gasteiger charge is -2.24. The first kappa shape index (κ1) is 11.1. The summed E-state index contributed by atoms with van der Waals surface area (Å²) in [6, 6.07) is 3.92. The van der Waals surface area contributed by atoms with Crippen molar-refractivity contribution in [3.8, 4) is 0 Å². The van der Waals surface area contributed by atoms with Crippen molar-refractivity contribution in [1.29, 1.82) is 0 Å². The first-order chi connectivity index (χ1) is 6.62. The van der Waals surface area contributed by atoms with Gasteiger partial charge in [0.2, 0.25) is 0 Å². The minimum Gasteiger partial charge on any atom is -0.325 e. The van der Waals surface area contributed by atoms with Gasteiger partial charge in [0, 0.05) is 24.4 Å². The van der Waals surface area contributed by atoms with Crippen LogP contribution in [0.15, 0.2) is 18.3 Å². The third-order valence-electron chi connectivity index (χ3n) is 2.65. The predicted octanol–water partition coefficient (Wildman–Crippen LogP) is 1.17. The summed E-state index contributed by atoms with van der Waals surface area (Å²) in [5.74, 6) is 0. The smallest absolute Gasteiger partial charge is 0.0556 e. The van der Waals surface area contributed by atoms with Gasteiger partial charge in [-0.1, -0.05) is 19.9 Å². The second kappa shape index (κ2) is 4.07. The molecule has 14 heavy (non-hydrogen) atoms. The number of hydrogen-bond acceptors (Lipinski definition) is 3. The Kier molecular flexibility index (Phi) is 3.24. The van der Waals surface area contributed by atoms with E-state index in [0.29, 0.717) is 0 Å². The number of aromatic nitrogens is 1. The van der Waals surface area contributed by atoms with E-state index in [2.05, 4.69) is 4.98 Å². The maximum atomic E-state index is 6.07. The second-order valence-corrected chi connectivity index (χ2v) is 3.59. The molecule has 4 N–H and O–H groups in total. The lowest BCUT2D eigenvalue weighted by atomic mass is 9.93. The lowest BCUT2D eigenvalue weighted by molar-refractivity contribution is 0.421. The fourth-order valence-electron chi connectivity index (χ4n) is 1.71. The Labute approximate surface area is 85.5 Å². The monoisotopic (exact) mass is 193 g/mol. The third kappa shape index (κ3) is 1.65. The molecular formula is C11H19N3. The molecule has 2 atom stereocenters. The summed E-state index contributed by atoms with van der Waals surface area (Å²) in [6.45, 7) is 5.96. The van der Waals surface area contributed by atoms with Crippen LogP contribution in [0, 0.1) is 0 Å². The molecule has 1 aromatic heterocycles. The summed E-state index contributed by atoms with van der Waals surface area (Å²) in [5, 5.41) is 0. The molecular weight excluding hydrogens is 174 g/mol. The maximum absolute atomic E-state index is 6.07. The maximum Gasteiger partial charge on any atom is 0.0556 e. The number of rotatable bonds is 0. The van der Waals surface area contributed by atoms with E-state index in [0.717, 1.165) is 17.7 Å². The molecule has 3 heteroatoms. The van der Waals surface area contributed by atoms with Crippen molar-refractivity contribution in [2.24, 2.45) is 11.5 Å². The van der Waals surface area contributed by atoms with E-state index in [1.165, 1.54) is 0 Å². The molecule has 0 saturated heterocycles. The van der Waals surface area contributed by atoms with Crippen molar-refractivity contribution in [2.45, 2.75) is 38.8 Å². The Hall–Kier alpha value is -0.930. The average Bonchev–Trinajstić information content (AvgIpc) is 2.42. The molecule has 1 aliphatic carbocycles. The summed E-state index contributed by atoms with van der Waals surface area (Å²) in [6.07, 6.45) is 2.58. The largest absolute Gasteiger partial charge is 0.325 e. The Balaban J connectivity index is 0.000000461. The zero-order chi connectivity index (χ0) is 10.8. The molecule has 78 valence electrons. The third-order valence-corrected chi connectivity index (χ3v) is 2.65. The van der Waals surface area contributed by atoms with Crippen molar-refractivity contribution in [3.63, 3.8) is 0 Å². The number of nitrogens with zero attached hydrogens (tertiary/aromatic N) is 1. The summed E-state index contributed by atoms with van der Waals surface area (Å²) in [4.78, 5) is 4.25. The van der Waals surface area contributed by atoms with E-state index in [1.54, 1.807) is 6.20 Å². The first-order valence-corrected chi connectivity index (χ1v) is 5.11. The van der Waals surface area contributed by atoms with E-state index in [-0.39, 0.29) is 6.04 Å². The van der Waals surface area contributed by atoms with Crippen LogP contribution in [0.1, 0.15) is 32.0 Å². The van der Waals surface area contributed by atoms with Crippen molar-refractivity contribution in [1.82, 2.24) is 4.98 Å². The highest BCUT2D eigenvalue weighted by molar-refractivity contribution is 5.35. The van der Waals surface area contributed by atoms with E-state index in [9.17, 15) is 0 Å². The molecule has 2 rings (SSSR count). The van der Waals surface area contributed by atoms with Crippen LogP contribution in [-0.2, 0) is 12.0 Å². The van der Waals surface area contributed by atoms with Crippen molar-refractivity contribution >= 4 is 0 Å². The van der Waals surface area contributed by atoms with Gasteiger partial charge in [0.25, 0.3) is 0 Å². The molecule has 0 aliphatic heterocycles. The minimum absolute atomic E-state index is 0.00222. The van der Waals surface area contributed by atoms with Crippen LogP contribution >= 0.6 is 0 Å². The van der Waals surface area contributed by atoms with Crippen LogP contribution in [0.25, 0.3) is 0 Å². The van der Waals surface area contributed by atoms with E-state index < -0.39 is 5.54 Å². The fourth-order valence-corrected chi connectivity index (χ4v) is 1.71. The molecule has 0 aromatic carbocycles. The van der Waals surface area contributed by atoms with Gasteiger partial charge in [-0.2, -0.15) is 0 Å². The lowest BCUT2D eigenvalue weighted by Crippen LogP contribution is -2.47. The van der Waals surface area contributed by atoms with Crippen molar-refractivity contribution in [3.05, 3.63) is 29.6 Å². The zero-order valence-electron chi connectivity index (χ0n) is 9.12. The average molecular weight is 193 g/mol. The highest BCUT2D eigenvalue weighted by Crippen LogP contribution is 2.31. The van der Waals surface area contributed by atoms with Gasteiger partial charge in [-0.15, -0.1) is 0 Å². The Morgan fingerprint density at radius 1 is 1.50 bits per heavy atom. The van der Waals surface area contributed by atoms with E-state index in [1.807, 2.05) is 32.9 Å². The SMILES string of the molecule is CC.CC1(N)c2cccnc2C[C@H]1N. The number of pyridine rings is 1. The van der Waals surface area contributed by atoms with Gasteiger partial charge in [-0.3, -0.25) is 4.98 Å². The molecule has 1 heterocycles. The fraction of sp³-hybridized carbons (Fsp3) is 0.545. The topological polar surface area (TPSA) is 64.9 Å². The van der Waals surface area contributed by atoms with E-state index >= 15 is 0 Å². The second-order valence-electron chi connectivity index (χ2n) is 3.59.